The molecule has 0 N–H and O–H groups in total. The zero-order valence-corrected chi connectivity index (χ0v) is 7.22. The van der Waals surface area contributed by atoms with Crippen LogP contribution in [0.2, 0.25) is 0 Å². The van der Waals surface area contributed by atoms with Gasteiger partial charge in [-0.1, -0.05) is 6.58 Å². The monoisotopic (exact) mass is 237 g/mol. The van der Waals surface area contributed by atoms with Crippen LogP contribution in [-0.4, -0.2) is 23.8 Å². The second-order valence-corrected chi connectivity index (χ2v) is 3.33. The Hall–Kier alpha value is -0.0600. The van der Waals surface area contributed by atoms with Crippen molar-refractivity contribution in [2.24, 2.45) is 0 Å². The predicted molar refractivity (Wildman–Crippen MR) is 44.4 cm³/mol. The molecule has 50 valence electrons. The van der Waals surface area contributed by atoms with E-state index in [2.05, 4.69) is 29.2 Å². The molecule has 1 heterocycles. The first-order valence-electron chi connectivity index (χ1n) is 2.81. The van der Waals surface area contributed by atoms with E-state index in [4.69, 9.17) is 0 Å². The maximum absolute atomic E-state index is 10.7. The van der Waals surface area contributed by atoms with Gasteiger partial charge in [-0.2, -0.15) is 0 Å². The Kier molecular flexibility index (Phi) is 2.10. The van der Waals surface area contributed by atoms with Crippen LogP contribution in [0.25, 0.3) is 0 Å². The number of carbonyl (C=O) groups is 1. The summed E-state index contributed by atoms with van der Waals surface area (Å²) in [5.41, 5.74) is 0. The fourth-order valence-corrected chi connectivity index (χ4v) is 1.25. The van der Waals surface area contributed by atoms with Crippen LogP contribution in [-0.2, 0) is 4.79 Å². The van der Waals surface area contributed by atoms with E-state index in [-0.39, 0.29) is 0 Å². The second kappa shape index (κ2) is 2.68. The molecule has 0 aromatic heterocycles. The number of hydrogen-bond donors (Lipinski definition) is 0. The number of likely N-dealkylation sites (tertiary alicyclic amines) is 1. The molecular formula is C6H8INO. The Bertz CT molecular complexity index is 155. The minimum Gasteiger partial charge on any atom is -0.359 e. The minimum atomic E-state index is 0.327. The Morgan fingerprint density at radius 1 is 1.78 bits per heavy atom. The molecule has 0 unspecified atom stereocenters. The van der Waals surface area contributed by atoms with Crippen molar-refractivity contribution in [3.8, 4) is 0 Å². The number of Topliss-reactive ketones (excluding diaryl/α,β-unsaturated/α-hetero) is 1. The molecule has 1 fully saturated rings. The van der Waals surface area contributed by atoms with Gasteiger partial charge < -0.3 is 4.90 Å². The zero-order valence-electron chi connectivity index (χ0n) is 5.06. The number of ketones is 1. The normalized spacial score (nSPS) is 18.8. The highest BCUT2D eigenvalue weighted by Gasteiger charge is 2.18. The number of nitrogens with zero attached hydrogens (tertiary/aromatic N) is 1. The van der Waals surface area contributed by atoms with Crippen LogP contribution in [0.3, 0.4) is 0 Å². The van der Waals surface area contributed by atoms with Gasteiger partial charge in [-0.25, -0.2) is 0 Å². The molecule has 1 rings (SSSR count). The third kappa shape index (κ3) is 1.67. The summed E-state index contributed by atoms with van der Waals surface area (Å²) >= 11 is 2.13. The molecule has 0 aliphatic carbocycles. The third-order valence-electron chi connectivity index (χ3n) is 1.37. The van der Waals surface area contributed by atoms with Crippen LogP contribution < -0.4 is 0 Å². The number of rotatable bonds is 1. The van der Waals surface area contributed by atoms with Gasteiger partial charge >= 0.3 is 0 Å². The maximum Gasteiger partial charge on any atom is 0.153 e. The SMILES string of the molecule is C=C(I)N1CCC(=O)C1. The summed E-state index contributed by atoms with van der Waals surface area (Å²) in [4.78, 5) is 12.7. The summed E-state index contributed by atoms with van der Waals surface area (Å²) in [6, 6.07) is 0. The van der Waals surface area contributed by atoms with E-state index in [1.54, 1.807) is 0 Å². The highest BCUT2D eigenvalue weighted by atomic mass is 127. The highest BCUT2D eigenvalue weighted by molar-refractivity contribution is 14.1. The van der Waals surface area contributed by atoms with Gasteiger partial charge in [0.05, 0.1) is 10.2 Å². The molecule has 1 aliphatic heterocycles. The fraction of sp³-hybridized carbons (Fsp3) is 0.500. The molecule has 2 nitrogen and oxygen atoms in total. The molecule has 0 amide bonds. The number of halogens is 1. The average molecular weight is 237 g/mol. The molecule has 0 radical (unpaired) electrons. The molecule has 3 heteroatoms. The van der Waals surface area contributed by atoms with Gasteiger partial charge in [0.15, 0.2) is 5.78 Å². The standard InChI is InChI=1S/C6H8INO/c1-5(7)8-3-2-6(9)4-8/h1-4H2. The van der Waals surface area contributed by atoms with Crippen LogP contribution in [0.4, 0.5) is 0 Å². The summed E-state index contributed by atoms with van der Waals surface area (Å²) in [6.45, 7) is 5.16. The molecule has 0 bridgehead atoms. The second-order valence-electron chi connectivity index (χ2n) is 2.09. The smallest absolute Gasteiger partial charge is 0.153 e. The van der Waals surface area contributed by atoms with Gasteiger partial charge in [0.1, 0.15) is 0 Å². The first-order chi connectivity index (χ1) is 4.20. The Morgan fingerprint density at radius 2 is 2.44 bits per heavy atom. The van der Waals surface area contributed by atoms with Crippen LogP contribution in [0.5, 0.6) is 0 Å². The molecule has 0 aromatic rings. The average Bonchev–Trinajstić information content (AvgIpc) is 2.14. The summed E-state index contributed by atoms with van der Waals surface area (Å²) in [5.74, 6) is 0.327. The van der Waals surface area contributed by atoms with E-state index >= 15 is 0 Å². The van der Waals surface area contributed by atoms with Crippen molar-refractivity contribution < 1.29 is 4.79 Å². The van der Waals surface area contributed by atoms with Crippen LogP contribution in [0.15, 0.2) is 10.3 Å². The molecule has 1 saturated heterocycles. The van der Waals surface area contributed by atoms with Crippen molar-refractivity contribution in [1.82, 2.24) is 4.90 Å². The molecule has 0 saturated carbocycles. The van der Waals surface area contributed by atoms with E-state index in [0.29, 0.717) is 18.7 Å². The lowest BCUT2D eigenvalue weighted by Crippen LogP contribution is -2.15. The van der Waals surface area contributed by atoms with Gasteiger partial charge in [-0.05, 0) is 22.6 Å². The van der Waals surface area contributed by atoms with Crippen molar-refractivity contribution in [2.75, 3.05) is 13.1 Å². The van der Waals surface area contributed by atoms with Gasteiger partial charge in [0.25, 0.3) is 0 Å². The molecule has 9 heavy (non-hydrogen) atoms. The highest BCUT2D eigenvalue weighted by Crippen LogP contribution is 2.15. The summed E-state index contributed by atoms with van der Waals surface area (Å²) in [6.07, 6.45) is 0.696. The van der Waals surface area contributed by atoms with Crippen LogP contribution >= 0.6 is 22.6 Å². The Morgan fingerprint density at radius 3 is 2.67 bits per heavy atom. The van der Waals surface area contributed by atoms with Crippen LogP contribution in [0.1, 0.15) is 6.42 Å². The molecule has 1 aliphatic rings. The lowest BCUT2D eigenvalue weighted by atomic mass is 10.4. The Labute approximate surface area is 68.1 Å². The zero-order chi connectivity index (χ0) is 6.85. The molecular weight excluding hydrogens is 229 g/mol. The number of hydrogen-bond acceptors (Lipinski definition) is 2. The van der Waals surface area contributed by atoms with Crippen molar-refractivity contribution in [2.45, 2.75) is 6.42 Å². The molecule has 0 aromatic carbocycles. The van der Waals surface area contributed by atoms with Gasteiger partial charge in [-0.3, -0.25) is 4.79 Å². The largest absolute Gasteiger partial charge is 0.359 e. The fourth-order valence-electron chi connectivity index (χ4n) is 0.838. The molecule has 0 atom stereocenters. The number of carbonyl (C=O) groups excluding carboxylic acids is 1. The minimum absolute atomic E-state index is 0.327. The van der Waals surface area contributed by atoms with Gasteiger partial charge in [0, 0.05) is 13.0 Å². The van der Waals surface area contributed by atoms with Crippen molar-refractivity contribution in [3.63, 3.8) is 0 Å². The van der Waals surface area contributed by atoms with Crippen molar-refractivity contribution in [1.29, 1.82) is 0 Å². The third-order valence-corrected chi connectivity index (χ3v) is 2.05. The first-order valence-corrected chi connectivity index (χ1v) is 3.89. The molecule has 0 spiro atoms. The predicted octanol–water partition coefficient (Wildman–Crippen LogP) is 1.17. The van der Waals surface area contributed by atoms with Gasteiger partial charge in [0.2, 0.25) is 0 Å². The van der Waals surface area contributed by atoms with Crippen molar-refractivity contribution >= 4 is 28.4 Å². The maximum atomic E-state index is 10.7. The first kappa shape index (κ1) is 7.05. The van der Waals surface area contributed by atoms with E-state index in [0.717, 1.165) is 10.2 Å². The lowest BCUT2D eigenvalue weighted by Gasteiger charge is -2.12. The Balaban J connectivity index is 2.48. The summed E-state index contributed by atoms with van der Waals surface area (Å²) in [5, 5.41) is 0. The van der Waals surface area contributed by atoms with E-state index in [9.17, 15) is 4.79 Å². The summed E-state index contributed by atoms with van der Waals surface area (Å²) in [7, 11) is 0. The van der Waals surface area contributed by atoms with Crippen molar-refractivity contribution in [3.05, 3.63) is 10.3 Å². The van der Waals surface area contributed by atoms with E-state index in [1.165, 1.54) is 0 Å². The van der Waals surface area contributed by atoms with Crippen LogP contribution in [0, 0.1) is 0 Å². The lowest BCUT2D eigenvalue weighted by molar-refractivity contribution is -0.116. The van der Waals surface area contributed by atoms with E-state index < -0.39 is 0 Å². The van der Waals surface area contributed by atoms with E-state index in [1.807, 2.05) is 4.90 Å². The summed E-state index contributed by atoms with van der Waals surface area (Å²) < 4.78 is 0.971. The topological polar surface area (TPSA) is 20.3 Å². The van der Waals surface area contributed by atoms with Gasteiger partial charge in [-0.15, -0.1) is 0 Å². The quantitative estimate of drug-likeness (QED) is 0.504.